The number of alkyl halides is 1. The number of rotatable bonds is 5. The number of benzene rings is 1. The topological polar surface area (TPSA) is 12.0 Å². The van der Waals surface area contributed by atoms with Gasteiger partial charge in [-0.1, -0.05) is 13.8 Å². The predicted molar refractivity (Wildman–Crippen MR) is 62.6 cm³/mol. The molecule has 0 spiro atoms. The lowest BCUT2D eigenvalue weighted by molar-refractivity contribution is 0.385. The van der Waals surface area contributed by atoms with E-state index in [-0.39, 0.29) is 5.41 Å². The Balaban J connectivity index is 2.49. The van der Waals surface area contributed by atoms with Gasteiger partial charge in [-0.15, -0.1) is 11.6 Å². The summed E-state index contributed by atoms with van der Waals surface area (Å²) >= 11 is 5.77. The van der Waals surface area contributed by atoms with Crippen LogP contribution in [-0.4, -0.2) is 12.4 Å². The summed E-state index contributed by atoms with van der Waals surface area (Å²) in [5.41, 5.74) is 0.579. The van der Waals surface area contributed by atoms with E-state index in [1.165, 1.54) is 12.1 Å². The molecule has 0 heterocycles. The fraction of sp³-hybridized carbons (Fsp3) is 0.500. The van der Waals surface area contributed by atoms with E-state index in [1.54, 1.807) is 0 Å². The lowest BCUT2D eigenvalue weighted by Crippen LogP contribution is -2.30. The lowest BCUT2D eigenvalue weighted by Gasteiger charge is -2.21. The van der Waals surface area contributed by atoms with Crippen molar-refractivity contribution in [3.05, 3.63) is 35.4 Å². The Morgan fingerprint density at radius 1 is 1.19 bits per heavy atom. The van der Waals surface area contributed by atoms with E-state index in [1.807, 2.05) is 13.8 Å². The molecule has 0 atom stereocenters. The Morgan fingerprint density at radius 2 is 1.75 bits per heavy atom. The van der Waals surface area contributed by atoms with Crippen molar-refractivity contribution in [2.45, 2.75) is 20.4 Å². The lowest BCUT2D eigenvalue weighted by atomic mass is 9.96. The molecule has 0 aliphatic rings. The third-order valence-electron chi connectivity index (χ3n) is 2.22. The fourth-order valence-corrected chi connectivity index (χ4v) is 1.40. The molecular weight excluding hydrogens is 232 g/mol. The monoisotopic (exact) mass is 247 g/mol. The quantitative estimate of drug-likeness (QED) is 0.787. The molecule has 0 aliphatic carbocycles. The van der Waals surface area contributed by atoms with Gasteiger partial charge in [0.25, 0.3) is 0 Å². The second-order valence-corrected chi connectivity index (χ2v) is 4.95. The minimum Gasteiger partial charge on any atom is -0.312 e. The summed E-state index contributed by atoms with van der Waals surface area (Å²) in [5.74, 6) is -0.556. The van der Waals surface area contributed by atoms with Crippen molar-refractivity contribution in [2.75, 3.05) is 12.4 Å². The maximum absolute atomic E-state index is 12.9. The van der Waals surface area contributed by atoms with Gasteiger partial charge >= 0.3 is 0 Å². The smallest absolute Gasteiger partial charge is 0.126 e. The average molecular weight is 248 g/mol. The van der Waals surface area contributed by atoms with Crippen molar-refractivity contribution in [2.24, 2.45) is 5.41 Å². The molecule has 0 saturated heterocycles. The van der Waals surface area contributed by atoms with Crippen molar-refractivity contribution in [3.8, 4) is 0 Å². The number of hydrogen-bond acceptors (Lipinski definition) is 1. The highest BCUT2D eigenvalue weighted by atomic mass is 35.5. The Labute approximate surface area is 99.8 Å². The minimum atomic E-state index is -0.548. The van der Waals surface area contributed by atoms with Gasteiger partial charge in [0.1, 0.15) is 11.6 Å². The molecule has 0 bridgehead atoms. The third kappa shape index (κ3) is 4.45. The van der Waals surface area contributed by atoms with Crippen LogP contribution in [0.3, 0.4) is 0 Å². The van der Waals surface area contributed by atoms with Crippen molar-refractivity contribution in [1.29, 1.82) is 0 Å². The second-order valence-electron chi connectivity index (χ2n) is 4.68. The summed E-state index contributed by atoms with van der Waals surface area (Å²) in [6, 6.07) is 3.51. The van der Waals surface area contributed by atoms with Gasteiger partial charge in [-0.05, 0) is 23.1 Å². The molecule has 0 radical (unpaired) electrons. The number of halogens is 3. The number of hydrogen-bond donors (Lipinski definition) is 1. The first kappa shape index (κ1) is 13.4. The normalized spacial score (nSPS) is 11.8. The highest BCUT2D eigenvalue weighted by Crippen LogP contribution is 2.15. The molecule has 0 aromatic heterocycles. The van der Waals surface area contributed by atoms with Gasteiger partial charge in [0, 0.05) is 25.0 Å². The molecule has 90 valence electrons. The first-order valence-electron chi connectivity index (χ1n) is 5.15. The van der Waals surface area contributed by atoms with E-state index < -0.39 is 11.6 Å². The largest absolute Gasteiger partial charge is 0.312 e. The van der Waals surface area contributed by atoms with Crippen LogP contribution in [0.1, 0.15) is 19.4 Å². The summed E-state index contributed by atoms with van der Waals surface area (Å²) < 4.78 is 25.7. The van der Waals surface area contributed by atoms with E-state index >= 15 is 0 Å². The van der Waals surface area contributed by atoms with Gasteiger partial charge in [0.2, 0.25) is 0 Å². The Bertz CT molecular complexity index is 333. The van der Waals surface area contributed by atoms with Crippen LogP contribution in [0.4, 0.5) is 8.78 Å². The van der Waals surface area contributed by atoms with Crippen molar-refractivity contribution in [3.63, 3.8) is 0 Å². The molecule has 1 N–H and O–H groups in total. The average Bonchev–Trinajstić information content (AvgIpc) is 2.16. The SMILES string of the molecule is CC(C)(CCl)CNCc1cc(F)cc(F)c1. The van der Waals surface area contributed by atoms with Crippen LogP contribution >= 0.6 is 11.6 Å². The van der Waals surface area contributed by atoms with Crippen LogP contribution in [-0.2, 0) is 6.54 Å². The Morgan fingerprint density at radius 3 is 2.25 bits per heavy atom. The standard InChI is InChI=1S/C12H16ClF2N/c1-12(2,7-13)8-16-6-9-3-10(14)5-11(15)4-9/h3-5,16H,6-8H2,1-2H3. The molecule has 16 heavy (non-hydrogen) atoms. The molecule has 1 nitrogen and oxygen atoms in total. The summed E-state index contributed by atoms with van der Waals surface area (Å²) in [6.45, 7) is 5.20. The van der Waals surface area contributed by atoms with E-state index in [9.17, 15) is 8.78 Å². The zero-order valence-electron chi connectivity index (χ0n) is 9.49. The van der Waals surface area contributed by atoms with Crippen molar-refractivity contribution < 1.29 is 8.78 Å². The van der Waals surface area contributed by atoms with Crippen molar-refractivity contribution in [1.82, 2.24) is 5.32 Å². The van der Waals surface area contributed by atoms with E-state index in [4.69, 9.17) is 11.6 Å². The fourth-order valence-electron chi connectivity index (χ4n) is 1.31. The van der Waals surface area contributed by atoms with E-state index in [0.717, 1.165) is 6.07 Å². The molecule has 0 amide bonds. The summed E-state index contributed by atoms with van der Waals surface area (Å²) in [6.07, 6.45) is 0. The van der Waals surface area contributed by atoms with Crippen molar-refractivity contribution >= 4 is 11.6 Å². The van der Waals surface area contributed by atoms with Gasteiger partial charge in [-0.3, -0.25) is 0 Å². The molecule has 0 aliphatic heterocycles. The molecule has 0 unspecified atom stereocenters. The van der Waals surface area contributed by atoms with Crippen LogP contribution in [0.5, 0.6) is 0 Å². The van der Waals surface area contributed by atoms with Gasteiger partial charge in [0.15, 0.2) is 0 Å². The molecule has 1 rings (SSSR count). The molecule has 0 saturated carbocycles. The van der Waals surface area contributed by atoms with Crippen LogP contribution in [0.25, 0.3) is 0 Å². The van der Waals surface area contributed by atoms with Gasteiger partial charge in [-0.2, -0.15) is 0 Å². The zero-order valence-corrected chi connectivity index (χ0v) is 10.2. The molecule has 4 heteroatoms. The van der Waals surface area contributed by atoms with Crippen LogP contribution in [0.15, 0.2) is 18.2 Å². The van der Waals surface area contributed by atoms with E-state index in [0.29, 0.717) is 24.5 Å². The van der Waals surface area contributed by atoms with Crippen LogP contribution in [0, 0.1) is 17.0 Å². The Hall–Kier alpha value is -0.670. The minimum absolute atomic E-state index is 0.0204. The maximum atomic E-state index is 12.9. The summed E-state index contributed by atoms with van der Waals surface area (Å²) in [7, 11) is 0. The zero-order chi connectivity index (χ0) is 12.2. The van der Waals surface area contributed by atoms with Gasteiger partial charge in [-0.25, -0.2) is 8.78 Å². The predicted octanol–water partition coefficient (Wildman–Crippen LogP) is 3.32. The molecular formula is C12H16ClF2N. The van der Waals surface area contributed by atoms with Crippen LogP contribution < -0.4 is 5.32 Å². The Kier molecular flexibility index (Phi) is 4.69. The highest BCUT2D eigenvalue weighted by molar-refractivity contribution is 6.18. The first-order chi connectivity index (χ1) is 7.43. The van der Waals surface area contributed by atoms with Gasteiger partial charge < -0.3 is 5.32 Å². The summed E-state index contributed by atoms with van der Waals surface area (Å²) in [4.78, 5) is 0. The molecule has 1 aromatic carbocycles. The van der Waals surface area contributed by atoms with Crippen LogP contribution in [0.2, 0.25) is 0 Å². The highest BCUT2D eigenvalue weighted by Gasteiger charge is 2.15. The second kappa shape index (κ2) is 5.60. The number of nitrogens with one attached hydrogen (secondary N) is 1. The van der Waals surface area contributed by atoms with Gasteiger partial charge in [0.05, 0.1) is 0 Å². The molecule has 0 fully saturated rings. The molecule has 1 aromatic rings. The third-order valence-corrected chi connectivity index (χ3v) is 2.94. The first-order valence-corrected chi connectivity index (χ1v) is 5.68. The summed E-state index contributed by atoms with van der Waals surface area (Å²) in [5, 5.41) is 3.13. The van der Waals surface area contributed by atoms with E-state index in [2.05, 4.69) is 5.32 Å². The maximum Gasteiger partial charge on any atom is 0.126 e.